The molecule has 0 aromatic rings. The van der Waals surface area contributed by atoms with Gasteiger partial charge in [-0.15, -0.1) is 0 Å². The summed E-state index contributed by atoms with van der Waals surface area (Å²) in [5.74, 6) is 0.344. The Labute approximate surface area is 87.9 Å². The molecule has 1 atom stereocenters. The zero-order valence-electron chi connectivity index (χ0n) is 8.62. The lowest BCUT2D eigenvalue weighted by molar-refractivity contribution is -0.138. The fraction of sp³-hybridized carbons (Fsp3) is 0.600. The van der Waals surface area contributed by atoms with Crippen molar-refractivity contribution in [2.75, 3.05) is 5.75 Å². The third-order valence-corrected chi connectivity index (χ3v) is 2.97. The minimum absolute atomic E-state index is 0.0618. The van der Waals surface area contributed by atoms with Gasteiger partial charge in [-0.3, -0.25) is 4.79 Å². The van der Waals surface area contributed by atoms with Crippen molar-refractivity contribution < 1.29 is 14.3 Å². The van der Waals surface area contributed by atoms with E-state index in [1.165, 1.54) is 18.7 Å². The number of cyclic esters (lactones) is 1. The van der Waals surface area contributed by atoms with Crippen LogP contribution in [0.3, 0.4) is 0 Å². The van der Waals surface area contributed by atoms with E-state index in [0.717, 1.165) is 11.1 Å². The zero-order valence-corrected chi connectivity index (χ0v) is 9.44. The first-order valence-corrected chi connectivity index (χ1v) is 5.50. The molecule has 3 nitrogen and oxygen atoms in total. The average molecular weight is 214 g/mol. The number of carbonyl (C=O) groups excluding carboxylic acids is 2. The molecule has 0 aromatic carbocycles. The zero-order chi connectivity index (χ0) is 10.7. The lowest BCUT2D eigenvalue weighted by Gasteiger charge is -2.04. The van der Waals surface area contributed by atoms with Gasteiger partial charge in [0.1, 0.15) is 6.10 Å². The molecule has 1 rings (SSSR count). The van der Waals surface area contributed by atoms with Crippen LogP contribution in [0.5, 0.6) is 0 Å². The quantitative estimate of drug-likeness (QED) is 0.520. The largest absolute Gasteiger partial charge is 0.458 e. The van der Waals surface area contributed by atoms with Crippen molar-refractivity contribution in [2.45, 2.75) is 33.3 Å². The van der Waals surface area contributed by atoms with E-state index in [4.69, 9.17) is 4.74 Å². The predicted octanol–water partition coefficient (Wildman–Crippen LogP) is 1.92. The van der Waals surface area contributed by atoms with Gasteiger partial charge in [0.25, 0.3) is 0 Å². The smallest absolute Gasteiger partial charge is 0.334 e. The van der Waals surface area contributed by atoms with Crippen LogP contribution in [-0.4, -0.2) is 22.9 Å². The second-order valence-electron chi connectivity index (χ2n) is 3.51. The molecule has 1 heterocycles. The Hall–Kier alpha value is -0.770. The highest BCUT2D eigenvalue weighted by Gasteiger charge is 2.29. The molecule has 14 heavy (non-hydrogen) atoms. The van der Waals surface area contributed by atoms with Gasteiger partial charge in [-0.2, -0.15) is 0 Å². The predicted molar refractivity (Wildman–Crippen MR) is 56.0 cm³/mol. The Bertz CT molecular complexity index is 290. The van der Waals surface area contributed by atoms with Gasteiger partial charge in [-0.05, 0) is 13.8 Å². The first kappa shape index (κ1) is 11.3. The Morgan fingerprint density at radius 1 is 1.50 bits per heavy atom. The van der Waals surface area contributed by atoms with Crippen LogP contribution in [0.15, 0.2) is 11.1 Å². The summed E-state index contributed by atoms with van der Waals surface area (Å²) in [7, 11) is 0. The number of allylic oxidation sites excluding steroid dienone is 1. The van der Waals surface area contributed by atoms with Gasteiger partial charge in [-0.1, -0.05) is 17.3 Å². The summed E-state index contributed by atoms with van der Waals surface area (Å²) in [5, 5.41) is 0.0618. The second-order valence-corrected chi connectivity index (χ2v) is 4.71. The number of thioether (sulfide) groups is 1. The lowest BCUT2D eigenvalue weighted by atomic mass is 10.1. The summed E-state index contributed by atoms with van der Waals surface area (Å²) in [6, 6.07) is 0. The normalized spacial score (nSPS) is 20.9. The summed E-state index contributed by atoms with van der Waals surface area (Å²) in [6.07, 6.45) is 0.517. The molecule has 0 amide bonds. The van der Waals surface area contributed by atoms with E-state index in [2.05, 4.69) is 0 Å². The first-order valence-electron chi connectivity index (χ1n) is 4.51. The standard InChI is InChI=1S/C10H14O3S/c1-6(2)9-4-8(13-10(9)12)5-14-7(3)11/h8H,4-5H2,1-3H3. The van der Waals surface area contributed by atoms with E-state index in [9.17, 15) is 9.59 Å². The molecule has 0 spiro atoms. The summed E-state index contributed by atoms with van der Waals surface area (Å²) in [6.45, 7) is 5.32. The average Bonchev–Trinajstić information content (AvgIpc) is 2.43. The van der Waals surface area contributed by atoms with Crippen LogP contribution in [-0.2, 0) is 14.3 Å². The molecule has 1 aliphatic heterocycles. The van der Waals surface area contributed by atoms with Crippen LogP contribution in [0.1, 0.15) is 27.2 Å². The van der Waals surface area contributed by atoms with Crippen LogP contribution in [0.2, 0.25) is 0 Å². The van der Waals surface area contributed by atoms with E-state index in [-0.39, 0.29) is 17.2 Å². The minimum Gasteiger partial charge on any atom is -0.458 e. The van der Waals surface area contributed by atoms with Gasteiger partial charge >= 0.3 is 5.97 Å². The SMILES string of the molecule is CC(=O)SCC1CC(=C(C)C)C(=O)O1. The maximum atomic E-state index is 11.3. The highest BCUT2D eigenvalue weighted by Crippen LogP contribution is 2.25. The van der Waals surface area contributed by atoms with E-state index in [1.54, 1.807) is 0 Å². The molecule has 0 aliphatic carbocycles. The van der Waals surface area contributed by atoms with Gasteiger partial charge < -0.3 is 4.74 Å². The number of esters is 1. The Morgan fingerprint density at radius 3 is 2.57 bits per heavy atom. The molecule has 0 aromatic heterocycles. The Balaban J connectivity index is 2.52. The summed E-state index contributed by atoms with van der Waals surface area (Å²) >= 11 is 1.21. The van der Waals surface area contributed by atoms with Gasteiger partial charge in [0.05, 0.1) is 0 Å². The van der Waals surface area contributed by atoms with Crippen LogP contribution >= 0.6 is 11.8 Å². The third-order valence-electron chi connectivity index (χ3n) is 2.03. The first-order chi connectivity index (χ1) is 6.50. The molecular weight excluding hydrogens is 200 g/mol. The highest BCUT2D eigenvalue weighted by molar-refractivity contribution is 8.13. The van der Waals surface area contributed by atoms with Crippen molar-refractivity contribution in [3.8, 4) is 0 Å². The van der Waals surface area contributed by atoms with Gasteiger partial charge in [-0.25, -0.2) is 4.79 Å². The van der Waals surface area contributed by atoms with E-state index in [0.29, 0.717) is 12.2 Å². The molecule has 4 heteroatoms. The van der Waals surface area contributed by atoms with Crippen molar-refractivity contribution in [3.63, 3.8) is 0 Å². The Morgan fingerprint density at radius 2 is 2.14 bits per heavy atom. The van der Waals surface area contributed by atoms with Crippen LogP contribution < -0.4 is 0 Å². The number of rotatable bonds is 2. The van der Waals surface area contributed by atoms with E-state index in [1.807, 2.05) is 13.8 Å². The minimum atomic E-state index is -0.223. The van der Waals surface area contributed by atoms with Gasteiger partial charge in [0, 0.05) is 24.7 Å². The third kappa shape index (κ3) is 2.87. The molecule has 1 aliphatic rings. The molecule has 0 saturated carbocycles. The maximum absolute atomic E-state index is 11.3. The molecule has 1 unspecified atom stereocenters. The van der Waals surface area contributed by atoms with Crippen LogP contribution in [0.25, 0.3) is 0 Å². The number of hydrogen-bond donors (Lipinski definition) is 0. The molecular formula is C10H14O3S. The summed E-state index contributed by atoms with van der Waals surface area (Å²) < 4.78 is 5.12. The van der Waals surface area contributed by atoms with Crippen molar-refractivity contribution in [1.82, 2.24) is 0 Å². The fourth-order valence-corrected chi connectivity index (χ4v) is 1.89. The van der Waals surface area contributed by atoms with E-state index < -0.39 is 0 Å². The number of carbonyl (C=O) groups is 2. The van der Waals surface area contributed by atoms with Crippen LogP contribution in [0.4, 0.5) is 0 Å². The number of ether oxygens (including phenoxy) is 1. The highest BCUT2D eigenvalue weighted by atomic mass is 32.2. The number of hydrogen-bond acceptors (Lipinski definition) is 4. The molecule has 0 bridgehead atoms. The molecule has 1 saturated heterocycles. The Kier molecular flexibility index (Phi) is 3.75. The molecule has 0 radical (unpaired) electrons. The van der Waals surface area contributed by atoms with Crippen molar-refractivity contribution in [1.29, 1.82) is 0 Å². The van der Waals surface area contributed by atoms with Gasteiger partial charge in [0.2, 0.25) is 0 Å². The maximum Gasteiger partial charge on any atom is 0.334 e. The summed E-state index contributed by atoms with van der Waals surface area (Å²) in [4.78, 5) is 22.0. The van der Waals surface area contributed by atoms with Crippen LogP contribution in [0, 0.1) is 0 Å². The lowest BCUT2D eigenvalue weighted by Crippen LogP contribution is -2.10. The fourth-order valence-electron chi connectivity index (χ4n) is 1.29. The van der Waals surface area contributed by atoms with Crippen molar-refractivity contribution >= 4 is 22.8 Å². The molecule has 1 fully saturated rings. The van der Waals surface area contributed by atoms with Crippen molar-refractivity contribution in [3.05, 3.63) is 11.1 Å². The molecule has 0 N–H and O–H groups in total. The van der Waals surface area contributed by atoms with E-state index >= 15 is 0 Å². The second kappa shape index (κ2) is 4.64. The molecule has 78 valence electrons. The van der Waals surface area contributed by atoms with Crippen molar-refractivity contribution in [2.24, 2.45) is 0 Å². The van der Waals surface area contributed by atoms with Gasteiger partial charge in [0.15, 0.2) is 5.12 Å². The summed E-state index contributed by atoms with van der Waals surface area (Å²) in [5.41, 5.74) is 1.77. The monoisotopic (exact) mass is 214 g/mol. The topological polar surface area (TPSA) is 43.4 Å².